The second-order valence-corrected chi connectivity index (χ2v) is 5.00. The zero-order valence-corrected chi connectivity index (χ0v) is 11.1. The normalized spacial score (nSPS) is 21.2. The Kier molecular flexibility index (Phi) is 2.64. The van der Waals surface area contributed by atoms with Crippen LogP contribution in [0.4, 0.5) is 0 Å². The van der Waals surface area contributed by atoms with Gasteiger partial charge in [-0.3, -0.25) is 0 Å². The second kappa shape index (κ2) is 4.21. The highest BCUT2D eigenvalue weighted by atomic mass is 16.5. The van der Waals surface area contributed by atoms with Crippen molar-refractivity contribution in [2.24, 2.45) is 5.73 Å². The molecule has 2 N–H and O–H groups in total. The molecule has 1 unspecified atom stereocenters. The van der Waals surface area contributed by atoms with Gasteiger partial charge < -0.3 is 10.5 Å². The molecule has 1 aromatic carbocycles. The van der Waals surface area contributed by atoms with E-state index in [2.05, 4.69) is 11.1 Å². The average Bonchev–Trinajstić information content (AvgIpc) is 2.57. The Morgan fingerprint density at radius 1 is 1.11 bits per heavy atom. The maximum absolute atomic E-state index is 6.14. The first-order chi connectivity index (χ1) is 9.11. The maximum Gasteiger partial charge on any atom is 0.221 e. The summed E-state index contributed by atoms with van der Waals surface area (Å²) in [6.45, 7) is 1.96. The average molecular weight is 252 g/mol. The highest BCUT2D eigenvalue weighted by molar-refractivity contribution is 5.96. The van der Waals surface area contributed by atoms with Gasteiger partial charge in [0.25, 0.3) is 0 Å². The third-order valence-electron chi connectivity index (χ3n) is 3.35. The molecule has 0 aliphatic heterocycles. The van der Waals surface area contributed by atoms with Gasteiger partial charge in [-0.2, -0.15) is 0 Å². The van der Waals surface area contributed by atoms with Gasteiger partial charge in [0.15, 0.2) is 0 Å². The van der Waals surface area contributed by atoms with Gasteiger partial charge in [-0.05, 0) is 24.5 Å². The summed E-state index contributed by atoms with van der Waals surface area (Å²) in [4.78, 5) is 4.57. The van der Waals surface area contributed by atoms with Crippen molar-refractivity contribution in [1.82, 2.24) is 4.98 Å². The minimum atomic E-state index is -0.449. The first kappa shape index (κ1) is 11.9. The Morgan fingerprint density at radius 3 is 2.53 bits per heavy atom. The fourth-order valence-electron chi connectivity index (χ4n) is 2.31. The number of fused-ring (bicyclic) bond motifs is 3. The summed E-state index contributed by atoms with van der Waals surface area (Å²) in [5.74, 6) is 0.646. The topological polar surface area (TPSA) is 48.1 Å². The van der Waals surface area contributed by atoms with Crippen molar-refractivity contribution in [3.8, 4) is 5.88 Å². The monoisotopic (exact) mass is 252 g/mol. The lowest BCUT2D eigenvalue weighted by atomic mass is 10.0. The summed E-state index contributed by atoms with van der Waals surface area (Å²) in [6.07, 6.45) is 7.96. The van der Waals surface area contributed by atoms with Gasteiger partial charge in [0.2, 0.25) is 5.88 Å². The molecule has 1 heterocycles. The largest absolute Gasteiger partial charge is 0.481 e. The van der Waals surface area contributed by atoms with E-state index >= 15 is 0 Å². The van der Waals surface area contributed by atoms with E-state index in [1.165, 1.54) is 0 Å². The highest BCUT2D eigenvalue weighted by Crippen LogP contribution is 2.32. The molecule has 0 saturated heterocycles. The standard InChI is InChI=1S/C16H16N2O/c1-16(17)9-7-12-11-5-3-4-6-13(11)15(19-2)18-14(12)8-10-16/h3-10H,17H2,1-2H3. The van der Waals surface area contributed by atoms with Crippen molar-refractivity contribution in [3.05, 3.63) is 47.7 Å². The molecule has 19 heavy (non-hydrogen) atoms. The molecule has 96 valence electrons. The SMILES string of the molecule is COc1nc2c(c3ccccc13)C=CC(C)(N)C=C2. The number of nitrogens with two attached hydrogens (primary N) is 1. The van der Waals surface area contributed by atoms with Gasteiger partial charge in [0.05, 0.1) is 18.3 Å². The zero-order chi connectivity index (χ0) is 13.5. The van der Waals surface area contributed by atoms with E-state index in [-0.39, 0.29) is 0 Å². The number of ether oxygens (including phenoxy) is 1. The molecule has 0 fully saturated rings. The molecule has 0 saturated carbocycles. The van der Waals surface area contributed by atoms with Crippen molar-refractivity contribution in [3.63, 3.8) is 0 Å². The molecule has 3 rings (SSSR count). The van der Waals surface area contributed by atoms with E-state index in [1.54, 1.807) is 7.11 Å². The van der Waals surface area contributed by atoms with Crippen molar-refractivity contribution >= 4 is 22.9 Å². The number of nitrogens with zero attached hydrogens (tertiary/aromatic N) is 1. The molecule has 1 aliphatic rings. The Hall–Kier alpha value is -2.13. The molecule has 1 atom stereocenters. The summed E-state index contributed by atoms with van der Waals surface area (Å²) in [5.41, 5.74) is 7.66. The number of methoxy groups -OCH3 is 1. The predicted molar refractivity (Wildman–Crippen MR) is 79.0 cm³/mol. The van der Waals surface area contributed by atoms with E-state index in [9.17, 15) is 0 Å². The molecular weight excluding hydrogens is 236 g/mol. The van der Waals surface area contributed by atoms with Crippen LogP contribution in [0, 0.1) is 0 Å². The van der Waals surface area contributed by atoms with E-state index in [0.717, 1.165) is 22.0 Å². The highest BCUT2D eigenvalue weighted by Gasteiger charge is 2.17. The fraction of sp³-hybridized carbons (Fsp3) is 0.188. The minimum absolute atomic E-state index is 0.449. The van der Waals surface area contributed by atoms with Crippen LogP contribution in [0.15, 0.2) is 36.4 Å². The predicted octanol–water partition coefficient (Wildman–Crippen LogP) is 3.00. The number of hydrogen-bond acceptors (Lipinski definition) is 3. The summed E-state index contributed by atoms with van der Waals surface area (Å²) in [7, 11) is 1.64. The molecule has 0 radical (unpaired) electrons. The molecule has 0 amide bonds. The fourth-order valence-corrected chi connectivity index (χ4v) is 2.31. The first-order valence-electron chi connectivity index (χ1n) is 6.25. The van der Waals surface area contributed by atoms with Crippen LogP contribution >= 0.6 is 0 Å². The Morgan fingerprint density at radius 2 is 1.79 bits per heavy atom. The number of benzene rings is 1. The van der Waals surface area contributed by atoms with Crippen LogP contribution in [0.2, 0.25) is 0 Å². The minimum Gasteiger partial charge on any atom is -0.481 e. The van der Waals surface area contributed by atoms with Crippen LogP contribution in [-0.4, -0.2) is 17.6 Å². The molecular formula is C16H16N2O. The number of pyridine rings is 1. The maximum atomic E-state index is 6.14. The quantitative estimate of drug-likeness (QED) is 0.848. The van der Waals surface area contributed by atoms with Crippen LogP contribution in [0.5, 0.6) is 5.88 Å². The van der Waals surface area contributed by atoms with Crippen LogP contribution in [0.3, 0.4) is 0 Å². The van der Waals surface area contributed by atoms with Gasteiger partial charge in [0, 0.05) is 10.9 Å². The number of aromatic nitrogens is 1. The first-order valence-corrected chi connectivity index (χ1v) is 6.25. The lowest BCUT2D eigenvalue weighted by Gasteiger charge is -2.12. The van der Waals surface area contributed by atoms with E-state index in [4.69, 9.17) is 10.5 Å². The van der Waals surface area contributed by atoms with Crippen LogP contribution in [0.25, 0.3) is 22.9 Å². The van der Waals surface area contributed by atoms with Crippen molar-refractivity contribution in [1.29, 1.82) is 0 Å². The molecule has 1 aromatic heterocycles. The van der Waals surface area contributed by atoms with E-state index < -0.39 is 5.54 Å². The van der Waals surface area contributed by atoms with Gasteiger partial charge in [-0.25, -0.2) is 4.98 Å². The van der Waals surface area contributed by atoms with Gasteiger partial charge in [-0.15, -0.1) is 0 Å². The van der Waals surface area contributed by atoms with Crippen molar-refractivity contribution in [2.75, 3.05) is 7.11 Å². The van der Waals surface area contributed by atoms with Crippen LogP contribution in [0.1, 0.15) is 18.2 Å². The summed E-state index contributed by atoms with van der Waals surface area (Å²) in [6, 6.07) is 8.11. The van der Waals surface area contributed by atoms with E-state index in [1.807, 2.05) is 49.4 Å². The number of rotatable bonds is 1. The third kappa shape index (κ3) is 2.02. The molecule has 0 bridgehead atoms. The Balaban J connectivity index is 2.37. The summed E-state index contributed by atoms with van der Waals surface area (Å²) in [5, 5.41) is 2.14. The molecule has 1 aliphatic carbocycles. The number of hydrogen-bond donors (Lipinski definition) is 1. The summed E-state index contributed by atoms with van der Waals surface area (Å²) < 4.78 is 5.39. The zero-order valence-electron chi connectivity index (χ0n) is 11.1. The third-order valence-corrected chi connectivity index (χ3v) is 3.35. The van der Waals surface area contributed by atoms with Crippen LogP contribution in [-0.2, 0) is 0 Å². The molecule has 3 heteroatoms. The lowest BCUT2D eigenvalue weighted by molar-refractivity contribution is 0.403. The Bertz CT molecular complexity index is 699. The lowest BCUT2D eigenvalue weighted by Crippen LogP contribution is -2.29. The van der Waals surface area contributed by atoms with Gasteiger partial charge in [-0.1, -0.05) is 36.4 Å². The molecule has 2 aromatic rings. The molecule has 0 spiro atoms. The van der Waals surface area contributed by atoms with Gasteiger partial charge in [0.1, 0.15) is 0 Å². The smallest absolute Gasteiger partial charge is 0.221 e. The van der Waals surface area contributed by atoms with Gasteiger partial charge >= 0.3 is 0 Å². The summed E-state index contributed by atoms with van der Waals surface area (Å²) >= 11 is 0. The van der Waals surface area contributed by atoms with Crippen molar-refractivity contribution < 1.29 is 4.74 Å². The van der Waals surface area contributed by atoms with Crippen LogP contribution < -0.4 is 10.5 Å². The Labute approximate surface area is 112 Å². The van der Waals surface area contributed by atoms with Crippen molar-refractivity contribution in [2.45, 2.75) is 12.5 Å². The second-order valence-electron chi connectivity index (χ2n) is 5.00. The molecule has 3 nitrogen and oxygen atoms in total. The van der Waals surface area contributed by atoms with E-state index in [0.29, 0.717) is 5.88 Å².